The van der Waals surface area contributed by atoms with Crippen LogP contribution in [-0.4, -0.2) is 59.2 Å². The molecule has 3 unspecified atom stereocenters. The molecule has 6 nitrogen and oxygen atoms in total. The molecule has 0 aromatic carbocycles. The lowest BCUT2D eigenvalue weighted by Gasteiger charge is -2.27. The first-order valence-corrected chi connectivity index (χ1v) is 9.70. The molecule has 1 aromatic heterocycles. The Labute approximate surface area is 149 Å². The van der Waals surface area contributed by atoms with Crippen LogP contribution >= 0.6 is 0 Å². The lowest BCUT2D eigenvalue weighted by Crippen LogP contribution is -2.45. The number of aliphatic hydroxyl groups excluding tert-OH is 1. The highest BCUT2D eigenvalue weighted by Crippen LogP contribution is 2.31. The maximum absolute atomic E-state index is 12.6. The highest BCUT2D eigenvalue weighted by atomic mass is 16.4. The van der Waals surface area contributed by atoms with Crippen LogP contribution in [0.5, 0.6) is 0 Å². The molecular formula is C19H29N3O3. The number of rotatable bonds is 6. The largest absolute Gasteiger partial charge is 0.467 e. The molecule has 2 N–H and O–H groups in total. The lowest BCUT2D eigenvalue weighted by atomic mass is 10.1. The first kappa shape index (κ1) is 16.9. The number of carbonyl (C=O) groups is 1. The van der Waals surface area contributed by atoms with Crippen molar-refractivity contribution >= 4 is 6.03 Å². The molecule has 138 valence electrons. The van der Waals surface area contributed by atoms with E-state index in [1.807, 2.05) is 4.90 Å². The molecule has 0 radical (unpaired) electrons. The number of hydrogen-bond acceptors (Lipinski definition) is 4. The summed E-state index contributed by atoms with van der Waals surface area (Å²) in [6, 6.07) is 4.51. The van der Waals surface area contributed by atoms with Crippen LogP contribution in [0.4, 0.5) is 4.79 Å². The number of urea groups is 1. The monoisotopic (exact) mass is 347 g/mol. The summed E-state index contributed by atoms with van der Waals surface area (Å²) < 4.78 is 5.28. The fourth-order valence-corrected chi connectivity index (χ4v) is 4.34. The van der Waals surface area contributed by atoms with Gasteiger partial charge in [-0.15, -0.1) is 0 Å². The Kier molecular flexibility index (Phi) is 4.99. The minimum atomic E-state index is -0.643. The molecule has 2 amide bonds. The van der Waals surface area contributed by atoms with Gasteiger partial charge in [0.15, 0.2) is 0 Å². The molecule has 3 aliphatic rings. The van der Waals surface area contributed by atoms with Gasteiger partial charge < -0.3 is 24.6 Å². The third-order valence-electron chi connectivity index (χ3n) is 5.93. The van der Waals surface area contributed by atoms with E-state index < -0.39 is 6.10 Å². The van der Waals surface area contributed by atoms with Crippen molar-refractivity contribution < 1.29 is 14.3 Å². The summed E-state index contributed by atoms with van der Waals surface area (Å²) in [5.41, 5.74) is 0. The Morgan fingerprint density at radius 3 is 2.96 bits per heavy atom. The summed E-state index contributed by atoms with van der Waals surface area (Å²) in [6.07, 6.45) is 7.32. The molecular weight excluding hydrogens is 318 g/mol. The predicted octanol–water partition coefficient (Wildman–Crippen LogP) is 2.36. The summed E-state index contributed by atoms with van der Waals surface area (Å²) >= 11 is 0. The van der Waals surface area contributed by atoms with Crippen LogP contribution in [0.1, 0.15) is 50.4 Å². The zero-order chi connectivity index (χ0) is 17.2. The van der Waals surface area contributed by atoms with E-state index in [2.05, 4.69) is 10.2 Å². The number of likely N-dealkylation sites (tertiary alicyclic amines) is 2. The van der Waals surface area contributed by atoms with E-state index in [1.165, 1.54) is 25.8 Å². The van der Waals surface area contributed by atoms with Crippen molar-refractivity contribution in [1.82, 2.24) is 15.1 Å². The van der Waals surface area contributed by atoms with Crippen molar-refractivity contribution in [3.05, 3.63) is 24.2 Å². The van der Waals surface area contributed by atoms with Gasteiger partial charge in [0, 0.05) is 38.1 Å². The minimum absolute atomic E-state index is 0.0269. The highest BCUT2D eigenvalue weighted by molar-refractivity contribution is 5.74. The van der Waals surface area contributed by atoms with Crippen LogP contribution in [0, 0.1) is 5.92 Å². The van der Waals surface area contributed by atoms with Gasteiger partial charge in [-0.25, -0.2) is 4.79 Å². The van der Waals surface area contributed by atoms with Gasteiger partial charge in [-0.05, 0) is 56.7 Å². The second-order valence-electron chi connectivity index (χ2n) is 7.82. The SMILES string of the molecule is O=C(NCC1CCN(C2CC2)C1)N1CCCC1CC(O)c1ccco1. The van der Waals surface area contributed by atoms with Crippen molar-refractivity contribution in [2.75, 3.05) is 26.2 Å². The summed E-state index contributed by atoms with van der Waals surface area (Å²) in [4.78, 5) is 17.1. The molecule has 25 heavy (non-hydrogen) atoms. The smallest absolute Gasteiger partial charge is 0.317 e. The van der Waals surface area contributed by atoms with Gasteiger partial charge in [0.25, 0.3) is 0 Å². The van der Waals surface area contributed by atoms with Crippen molar-refractivity contribution in [2.24, 2.45) is 5.92 Å². The fraction of sp³-hybridized carbons (Fsp3) is 0.737. The average molecular weight is 347 g/mol. The maximum Gasteiger partial charge on any atom is 0.317 e. The van der Waals surface area contributed by atoms with Crippen LogP contribution < -0.4 is 5.32 Å². The van der Waals surface area contributed by atoms with Crippen molar-refractivity contribution in [3.63, 3.8) is 0 Å². The fourth-order valence-electron chi connectivity index (χ4n) is 4.34. The molecule has 2 aliphatic heterocycles. The van der Waals surface area contributed by atoms with Gasteiger partial charge in [0.1, 0.15) is 11.9 Å². The number of hydrogen-bond donors (Lipinski definition) is 2. The zero-order valence-electron chi connectivity index (χ0n) is 14.8. The Balaban J connectivity index is 1.24. The van der Waals surface area contributed by atoms with Crippen molar-refractivity contribution in [2.45, 2.75) is 56.7 Å². The summed E-state index contributed by atoms with van der Waals surface area (Å²) in [5, 5.41) is 13.4. The van der Waals surface area contributed by atoms with E-state index in [9.17, 15) is 9.90 Å². The molecule has 1 aliphatic carbocycles. The number of nitrogens with one attached hydrogen (secondary N) is 1. The second-order valence-corrected chi connectivity index (χ2v) is 7.82. The van der Waals surface area contributed by atoms with E-state index >= 15 is 0 Å². The molecule has 4 rings (SSSR count). The molecule has 6 heteroatoms. The zero-order valence-corrected chi connectivity index (χ0v) is 14.8. The summed E-state index contributed by atoms with van der Waals surface area (Å²) in [5.74, 6) is 1.16. The maximum atomic E-state index is 12.6. The van der Waals surface area contributed by atoms with Gasteiger partial charge in [-0.1, -0.05) is 0 Å². The van der Waals surface area contributed by atoms with E-state index in [0.29, 0.717) is 18.1 Å². The molecule has 1 aromatic rings. The van der Waals surface area contributed by atoms with E-state index in [1.54, 1.807) is 18.4 Å². The Morgan fingerprint density at radius 1 is 1.32 bits per heavy atom. The van der Waals surface area contributed by atoms with Crippen LogP contribution in [0.2, 0.25) is 0 Å². The van der Waals surface area contributed by atoms with Gasteiger partial charge in [0.2, 0.25) is 0 Å². The number of aliphatic hydroxyl groups is 1. The minimum Gasteiger partial charge on any atom is -0.467 e. The van der Waals surface area contributed by atoms with Gasteiger partial charge >= 0.3 is 6.03 Å². The quantitative estimate of drug-likeness (QED) is 0.829. The average Bonchev–Trinajstić information content (AvgIpc) is 3.06. The number of amides is 2. The van der Waals surface area contributed by atoms with Gasteiger partial charge in [-0.3, -0.25) is 0 Å². The molecule has 0 bridgehead atoms. The summed E-state index contributed by atoms with van der Waals surface area (Å²) in [7, 11) is 0. The third kappa shape index (κ3) is 4.01. The number of carbonyl (C=O) groups excluding carboxylic acids is 1. The van der Waals surface area contributed by atoms with Gasteiger partial charge in [0.05, 0.1) is 6.26 Å². The summed E-state index contributed by atoms with van der Waals surface area (Å²) in [6.45, 7) is 3.87. The van der Waals surface area contributed by atoms with Crippen LogP contribution in [0.25, 0.3) is 0 Å². The Hall–Kier alpha value is -1.53. The second kappa shape index (κ2) is 7.38. The molecule has 2 saturated heterocycles. The van der Waals surface area contributed by atoms with Gasteiger partial charge in [-0.2, -0.15) is 0 Å². The molecule has 3 fully saturated rings. The van der Waals surface area contributed by atoms with E-state index in [4.69, 9.17) is 4.42 Å². The topological polar surface area (TPSA) is 69.0 Å². The number of nitrogens with zero attached hydrogens (tertiary/aromatic N) is 2. The molecule has 0 spiro atoms. The normalized spacial score (nSPS) is 28.4. The first-order chi connectivity index (χ1) is 12.2. The molecule has 3 atom stereocenters. The Bertz CT molecular complexity index is 572. The lowest BCUT2D eigenvalue weighted by molar-refractivity contribution is 0.107. The first-order valence-electron chi connectivity index (χ1n) is 9.70. The van der Waals surface area contributed by atoms with Crippen molar-refractivity contribution in [1.29, 1.82) is 0 Å². The van der Waals surface area contributed by atoms with Crippen LogP contribution in [-0.2, 0) is 0 Å². The highest BCUT2D eigenvalue weighted by Gasteiger charge is 2.35. The van der Waals surface area contributed by atoms with Crippen LogP contribution in [0.15, 0.2) is 22.8 Å². The molecule has 3 heterocycles. The molecule has 1 saturated carbocycles. The number of furan rings is 1. The van der Waals surface area contributed by atoms with Crippen molar-refractivity contribution in [3.8, 4) is 0 Å². The van der Waals surface area contributed by atoms with E-state index in [-0.39, 0.29) is 12.1 Å². The predicted molar refractivity (Wildman–Crippen MR) is 94.1 cm³/mol. The van der Waals surface area contributed by atoms with E-state index in [0.717, 1.165) is 38.5 Å². The standard InChI is InChI=1S/C19H29N3O3/c23-17(18-4-2-10-25-18)11-16-3-1-8-22(16)19(24)20-12-14-7-9-21(13-14)15-5-6-15/h2,4,10,14-17,23H,1,3,5-9,11-13H2,(H,20,24). The third-order valence-corrected chi connectivity index (χ3v) is 5.93. The Morgan fingerprint density at radius 2 is 2.20 bits per heavy atom. The van der Waals surface area contributed by atoms with Crippen LogP contribution in [0.3, 0.4) is 0 Å².